The fraction of sp³-hybridized carbons (Fsp3) is 0.0714. The SMILES string of the molecule is O=C1C(=O)N(Cc2ccc(Cl)nc2Cl)c2cc(Br)ccc21. The van der Waals surface area contributed by atoms with Crippen molar-refractivity contribution >= 4 is 56.5 Å². The molecule has 0 saturated heterocycles. The van der Waals surface area contributed by atoms with Gasteiger partial charge in [-0.05, 0) is 24.3 Å². The van der Waals surface area contributed by atoms with Crippen LogP contribution in [0.15, 0.2) is 34.8 Å². The second-order valence-corrected chi connectivity index (χ2v) is 6.13. The van der Waals surface area contributed by atoms with Gasteiger partial charge in [0.25, 0.3) is 11.7 Å². The number of carbonyl (C=O) groups excluding carboxylic acids is 2. The molecule has 1 aromatic carbocycles. The number of nitrogens with zero attached hydrogens (tertiary/aromatic N) is 2. The number of ketones is 1. The van der Waals surface area contributed by atoms with E-state index in [2.05, 4.69) is 20.9 Å². The third-order valence-electron chi connectivity index (χ3n) is 3.16. The maximum absolute atomic E-state index is 12.1. The summed E-state index contributed by atoms with van der Waals surface area (Å²) in [5.74, 6) is -1.09. The van der Waals surface area contributed by atoms with Gasteiger partial charge in [-0.25, -0.2) is 4.98 Å². The van der Waals surface area contributed by atoms with Crippen LogP contribution >= 0.6 is 39.1 Å². The third-order valence-corrected chi connectivity index (χ3v) is 4.19. The predicted octanol–water partition coefficient (Wildman–Crippen LogP) is 3.88. The van der Waals surface area contributed by atoms with Crippen molar-refractivity contribution in [1.82, 2.24) is 4.98 Å². The second kappa shape index (κ2) is 5.40. The van der Waals surface area contributed by atoms with Gasteiger partial charge >= 0.3 is 0 Å². The summed E-state index contributed by atoms with van der Waals surface area (Å²) in [7, 11) is 0. The molecule has 0 bridgehead atoms. The van der Waals surface area contributed by atoms with Crippen molar-refractivity contribution in [3.63, 3.8) is 0 Å². The lowest BCUT2D eigenvalue weighted by Crippen LogP contribution is -2.29. The number of halogens is 3. The summed E-state index contributed by atoms with van der Waals surface area (Å²) in [5.41, 5.74) is 1.57. The van der Waals surface area contributed by atoms with Crippen molar-refractivity contribution in [1.29, 1.82) is 0 Å². The largest absolute Gasteiger partial charge is 0.300 e. The fourth-order valence-corrected chi connectivity index (χ4v) is 2.91. The lowest BCUT2D eigenvalue weighted by Gasteiger charge is -2.17. The first-order valence-corrected chi connectivity index (χ1v) is 7.49. The predicted molar refractivity (Wildman–Crippen MR) is 83.9 cm³/mol. The molecule has 2 aromatic rings. The first kappa shape index (κ1) is 14.5. The van der Waals surface area contributed by atoms with E-state index < -0.39 is 11.7 Å². The molecule has 21 heavy (non-hydrogen) atoms. The molecule has 0 atom stereocenters. The average molecular weight is 386 g/mol. The van der Waals surface area contributed by atoms with Crippen LogP contribution in [0.25, 0.3) is 0 Å². The summed E-state index contributed by atoms with van der Waals surface area (Å²) in [6.07, 6.45) is 0. The fourth-order valence-electron chi connectivity index (χ4n) is 2.15. The Balaban J connectivity index is 2.02. The molecule has 106 valence electrons. The van der Waals surface area contributed by atoms with Crippen molar-refractivity contribution in [2.75, 3.05) is 4.90 Å². The van der Waals surface area contributed by atoms with Gasteiger partial charge in [0, 0.05) is 10.0 Å². The first-order valence-electron chi connectivity index (χ1n) is 5.94. The summed E-state index contributed by atoms with van der Waals surface area (Å²) in [5, 5.41) is 0.488. The molecule has 2 heterocycles. The van der Waals surface area contributed by atoms with Crippen molar-refractivity contribution in [3.8, 4) is 0 Å². The molecule has 0 N–H and O–H groups in total. The number of anilines is 1. The highest BCUT2D eigenvalue weighted by molar-refractivity contribution is 9.10. The van der Waals surface area contributed by atoms with Gasteiger partial charge in [-0.15, -0.1) is 0 Å². The topological polar surface area (TPSA) is 50.3 Å². The Kier molecular flexibility index (Phi) is 3.73. The van der Waals surface area contributed by atoms with Crippen molar-refractivity contribution in [2.24, 2.45) is 0 Å². The smallest absolute Gasteiger partial charge is 0.299 e. The molecule has 4 nitrogen and oxygen atoms in total. The number of benzene rings is 1. The number of aromatic nitrogens is 1. The van der Waals surface area contributed by atoms with E-state index >= 15 is 0 Å². The van der Waals surface area contributed by atoms with Crippen molar-refractivity contribution in [3.05, 3.63) is 56.2 Å². The molecule has 1 amide bonds. The average Bonchev–Trinajstić information content (AvgIpc) is 2.66. The van der Waals surface area contributed by atoms with Crippen LogP contribution in [0.4, 0.5) is 5.69 Å². The quantitative estimate of drug-likeness (QED) is 0.582. The molecular formula is C14H7BrCl2N2O2. The number of hydrogen-bond donors (Lipinski definition) is 0. The van der Waals surface area contributed by atoms with E-state index in [1.54, 1.807) is 30.3 Å². The van der Waals surface area contributed by atoms with Crippen LogP contribution in [0, 0.1) is 0 Å². The van der Waals surface area contributed by atoms with E-state index in [9.17, 15) is 9.59 Å². The Bertz CT molecular complexity index is 780. The van der Waals surface area contributed by atoms with Crippen molar-refractivity contribution in [2.45, 2.75) is 6.54 Å². The zero-order valence-corrected chi connectivity index (χ0v) is 13.5. The van der Waals surface area contributed by atoms with E-state index in [-0.39, 0.29) is 16.9 Å². The zero-order valence-electron chi connectivity index (χ0n) is 10.4. The Hall–Kier alpha value is -1.43. The van der Waals surface area contributed by atoms with Gasteiger partial charge in [0.1, 0.15) is 10.3 Å². The number of pyridine rings is 1. The van der Waals surface area contributed by atoms with Gasteiger partial charge in [0.2, 0.25) is 0 Å². The van der Waals surface area contributed by atoms with Gasteiger partial charge in [-0.1, -0.05) is 45.2 Å². The molecule has 1 aliphatic heterocycles. The van der Waals surface area contributed by atoms with Gasteiger partial charge in [0.05, 0.1) is 17.8 Å². The number of amides is 1. The Labute approximate surface area is 138 Å². The minimum atomic E-state index is -0.575. The highest BCUT2D eigenvalue weighted by Crippen LogP contribution is 2.33. The number of Topliss-reactive ketones (excluding diaryl/α,β-unsaturated/α-hetero) is 1. The van der Waals surface area contributed by atoms with Gasteiger partial charge in [-0.3, -0.25) is 9.59 Å². The van der Waals surface area contributed by atoms with E-state index in [0.29, 0.717) is 16.8 Å². The normalized spacial score (nSPS) is 13.8. The van der Waals surface area contributed by atoms with Crippen LogP contribution in [-0.4, -0.2) is 16.7 Å². The number of hydrogen-bond acceptors (Lipinski definition) is 3. The molecule has 0 saturated carbocycles. The standard InChI is InChI=1S/C14H7BrCl2N2O2/c15-8-2-3-9-10(5-8)19(14(21)12(9)20)6-7-1-4-11(16)18-13(7)17/h1-5H,6H2. The second-order valence-electron chi connectivity index (χ2n) is 4.47. The van der Waals surface area contributed by atoms with Gasteiger partial charge in [-0.2, -0.15) is 0 Å². The molecule has 0 aliphatic carbocycles. The molecule has 1 aromatic heterocycles. The molecule has 0 unspecified atom stereocenters. The summed E-state index contributed by atoms with van der Waals surface area (Å²) in [6, 6.07) is 8.36. The van der Waals surface area contributed by atoms with Crippen LogP contribution in [0.1, 0.15) is 15.9 Å². The van der Waals surface area contributed by atoms with E-state index in [1.165, 1.54) is 4.90 Å². The van der Waals surface area contributed by atoms with E-state index in [0.717, 1.165) is 4.47 Å². The highest BCUT2D eigenvalue weighted by atomic mass is 79.9. The summed E-state index contributed by atoms with van der Waals surface area (Å²) < 4.78 is 0.786. The summed E-state index contributed by atoms with van der Waals surface area (Å²) >= 11 is 15.1. The zero-order chi connectivity index (χ0) is 15.1. The van der Waals surface area contributed by atoms with Crippen LogP contribution in [0.5, 0.6) is 0 Å². The molecular weight excluding hydrogens is 379 g/mol. The Morgan fingerprint density at radius 3 is 2.62 bits per heavy atom. The minimum absolute atomic E-state index is 0.164. The van der Waals surface area contributed by atoms with E-state index in [1.807, 2.05) is 0 Å². The third kappa shape index (κ3) is 2.57. The Morgan fingerprint density at radius 1 is 1.14 bits per heavy atom. The summed E-state index contributed by atoms with van der Waals surface area (Å²) in [4.78, 5) is 29.4. The molecule has 0 fully saturated rings. The maximum Gasteiger partial charge on any atom is 0.299 e. The number of rotatable bonds is 2. The minimum Gasteiger partial charge on any atom is -0.300 e. The lowest BCUT2D eigenvalue weighted by atomic mass is 10.1. The van der Waals surface area contributed by atoms with Crippen LogP contribution in [0.3, 0.4) is 0 Å². The maximum atomic E-state index is 12.1. The van der Waals surface area contributed by atoms with Gasteiger partial charge < -0.3 is 4.90 Å². The van der Waals surface area contributed by atoms with Crippen LogP contribution in [-0.2, 0) is 11.3 Å². The molecule has 0 spiro atoms. The van der Waals surface area contributed by atoms with Crippen molar-refractivity contribution < 1.29 is 9.59 Å². The first-order chi connectivity index (χ1) is 9.97. The molecule has 1 aliphatic rings. The monoisotopic (exact) mass is 384 g/mol. The number of carbonyl (C=O) groups is 2. The lowest BCUT2D eigenvalue weighted by molar-refractivity contribution is -0.114. The highest BCUT2D eigenvalue weighted by Gasteiger charge is 2.36. The molecule has 7 heteroatoms. The van der Waals surface area contributed by atoms with E-state index in [4.69, 9.17) is 23.2 Å². The van der Waals surface area contributed by atoms with Crippen LogP contribution < -0.4 is 4.90 Å². The van der Waals surface area contributed by atoms with Crippen LogP contribution in [0.2, 0.25) is 10.3 Å². The summed E-state index contributed by atoms with van der Waals surface area (Å²) in [6.45, 7) is 0.164. The molecule has 3 rings (SSSR count). The van der Waals surface area contributed by atoms with Gasteiger partial charge in [0.15, 0.2) is 0 Å². The molecule has 0 radical (unpaired) electrons. The Morgan fingerprint density at radius 2 is 1.90 bits per heavy atom. The number of fused-ring (bicyclic) bond motifs is 1.